The molecule has 0 heterocycles. The second-order valence-corrected chi connectivity index (χ2v) is 3.77. The molecule has 1 unspecified atom stereocenters. The summed E-state index contributed by atoms with van der Waals surface area (Å²) in [6.07, 6.45) is 4.63. The molecule has 0 aromatic carbocycles. The van der Waals surface area contributed by atoms with Gasteiger partial charge in [0, 0.05) is 0 Å². The Labute approximate surface area is 98.1 Å². The number of carbonyl (C=O) groups excluding carboxylic acids is 1. The largest absolute Gasteiger partial charge is 0.459 e. The van der Waals surface area contributed by atoms with E-state index in [0.717, 1.165) is 19.3 Å². The number of ether oxygens (including phenoxy) is 2. The first-order chi connectivity index (χ1) is 7.61. The summed E-state index contributed by atoms with van der Waals surface area (Å²) in [6, 6.07) is 0. The van der Waals surface area contributed by atoms with Crippen molar-refractivity contribution < 1.29 is 14.3 Å². The first-order valence-corrected chi connectivity index (χ1v) is 5.69. The Balaban J connectivity index is 3.77. The van der Waals surface area contributed by atoms with Crippen LogP contribution in [0.15, 0.2) is 24.8 Å². The molecule has 0 aromatic heterocycles. The normalized spacial score (nSPS) is 11.9. The third-order valence-corrected chi connectivity index (χ3v) is 2.07. The zero-order valence-corrected chi connectivity index (χ0v) is 10.3. The van der Waals surface area contributed by atoms with Crippen LogP contribution in [0.25, 0.3) is 0 Å². The lowest BCUT2D eigenvalue weighted by Gasteiger charge is -2.13. The maximum atomic E-state index is 11.5. The van der Waals surface area contributed by atoms with Crippen LogP contribution in [0.3, 0.4) is 0 Å². The molecular weight excluding hydrogens is 204 g/mol. The molecule has 1 atom stereocenters. The highest BCUT2D eigenvalue weighted by atomic mass is 16.5. The zero-order chi connectivity index (χ0) is 12.4. The molecule has 0 aliphatic heterocycles. The van der Waals surface area contributed by atoms with Gasteiger partial charge in [0.2, 0.25) is 0 Å². The van der Waals surface area contributed by atoms with Crippen molar-refractivity contribution >= 4 is 5.97 Å². The van der Waals surface area contributed by atoms with Crippen LogP contribution in [0, 0.1) is 0 Å². The average Bonchev–Trinajstić information content (AvgIpc) is 2.26. The minimum absolute atomic E-state index is 0.0522. The summed E-state index contributed by atoms with van der Waals surface area (Å²) in [4.78, 5) is 11.5. The third kappa shape index (κ3) is 7.23. The van der Waals surface area contributed by atoms with Crippen molar-refractivity contribution in [3.8, 4) is 0 Å². The molecule has 0 N–H and O–H groups in total. The number of hydrogen-bond acceptors (Lipinski definition) is 3. The van der Waals surface area contributed by atoms with E-state index in [1.54, 1.807) is 6.08 Å². The van der Waals surface area contributed by atoms with Crippen molar-refractivity contribution in [3.05, 3.63) is 24.8 Å². The number of rotatable bonds is 9. The predicted molar refractivity (Wildman–Crippen MR) is 65.2 cm³/mol. The SMILES string of the molecule is C=CCOCC(=C)C(=O)OC(C)CCCC. The van der Waals surface area contributed by atoms with Crippen LogP contribution in [0.1, 0.15) is 33.1 Å². The lowest BCUT2D eigenvalue weighted by Crippen LogP contribution is -2.18. The van der Waals surface area contributed by atoms with Gasteiger partial charge < -0.3 is 9.47 Å². The Morgan fingerprint density at radius 3 is 2.75 bits per heavy atom. The second-order valence-electron chi connectivity index (χ2n) is 3.77. The molecule has 0 aliphatic rings. The molecule has 0 fully saturated rings. The fourth-order valence-electron chi connectivity index (χ4n) is 1.14. The van der Waals surface area contributed by atoms with Crippen molar-refractivity contribution in [2.75, 3.05) is 13.2 Å². The number of carbonyl (C=O) groups is 1. The van der Waals surface area contributed by atoms with E-state index in [-0.39, 0.29) is 18.7 Å². The van der Waals surface area contributed by atoms with E-state index in [9.17, 15) is 4.79 Å². The average molecular weight is 226 g/mol. The van der Waals surface area contributed by atoms with Crippen molar-refractivity contribution in [1.29, 1.82) is 0 Å². The third-order valence-electron chi connectivity index (χ3n) is 2.07. The molecule has 0 saturated heterocycles. The summed E-state index contributed by atoms with van der Waals surface area (Å²) in [6.45, 7) is 11.8. The van der Waals surface area contributed by atoms with Crippen LogP contribution in [0.2, 0.25) is 0 Å². The Hall–Kier alpha value is -1.09. The van der Waals surface area contributed by atoms with Gasteiger partial charge in [0.25, 0.3) is 0 Å². The lowest BCUT2D eigenvalue weighted by molar-refractivity contribution is -0.144. The first-order valence-electron chi connectivity index (χ1n) is 5.69. The zero-order valence-electron chi connectivity index (χ0n) is 10.3. The van der Waals surface area contributed by atoms with Crippen LogP contribution < -0.4 is 0 Å². The first kappa shape index (κ1) is 14.9. The quantitative estimate of drug-likeness (QED) is 0.262. The standard InChI is InChI=1S/C13H22O3/c1-5-7-8-12(4)16-13(14)11(3)10-15-9-6-2/h6,12H,2-3,5,7-10H2,1,4H3. The van der Waals surface area contributed by atoms with Gasteiger partial charge in [-0.05, 0) is 13.3 Å². The molecule has 92 valence electrons. The molecule has 0 aliphatic carbocycles. The number of esters is 1. The summed E-state index contributed by atoms with van der Waals surface area (Å²) < 4.78 is 10.3. The molecule has 0 rings (SSSR count). The van der Waals surface area contributed by atoms with Crippen molar-refractivity contribution in [1.82, 2.24) is 0 Å². The number of hydrogen-bond donors (Lipinski definition) is 0. The van der Waals surface area contributed by atoms with Gasteiger partial charge in [-0.2, -0.15) is 0 Å². The van der Waals surface area contributed by atoms with Gasteiger partial charge in [-0.25, -0.2) is 4.79 Å². The summed E-state index contributed by atoms with van der Waals surface area (Å²) >= 11 is 0. The van der Waals surface area contributed by atoms with Gasteiger partial charge in [0.15, 0.2) is 0 Å². The molecule has 0 aromatic rings. The molecule has 0 saturated carbocycles. The highest BCUT2D eigenvalue weighted by Gasteiger charge is 2.12. The summed E-state index contributed by atoms with van der Waals surface area (Å²) in [5.41, 5.74) is 0.352. The fourth-order valence-corrected chi connectivity index (χ4v) is 1.14. The summed E-state index contributed by atoms with van der Waals surface area (Å²) in [7, 11) is 0. The summed E-state index contributed by atoms with van der Waals surface area (Å²) in [5.74, 6) is -0.368. The second kappa shape index (κ2) is 9.16. The smallest absolute Gasteiger partial charge is 0.336 e. The van der Waals surface area contributed by atoms with Crippen molar-refractivity contribution in [2.45, 2.75) is 39.2 Å². The van der Waals surface area contributed by atoms with Crippen LogP contribution in [-0.2, 0) is 14.3 Å². The van der Waals surface area contributed by atoms with Crippen LogP contribution in [0.4, 0.5) is 0 Å². The van der Waals surface area contributed by atoms with E-state index in [0.29, 0.717) is 12.2 Å². The monoisotopic (exact) mass is 226 g/mol. The van der Waals surface area contributed by atoms with Crippen LogP contribution in [0.5, 0.6) is 0 Å². The van der Waals surface area contributed by atoms with Gasteiger partial charge in [-0.1, -0.05) is 32.4 Å². The van der Waals surface area contributed by atoms with Gasteiger partial charge >= 0.3 is 5.97 Å². The predicted octanol–water partition coefficient (Wildman–Crippen LogP) is 2.87. The van der Waals surface area contributed by atoms with E-state index < -0.39 is 0 Å². The molecule has 0 amide bonds. The number of unbranched alkanes of at least 4 members (excludes halogenated alkanes) is 1. The molecule has 3 nitrogen and oxygen atoms in total. The van der Waals surface area contributed by atoms with Gasteiger partial charge in [0.1, 0.15) is 0 Å². The Kier molecular flexibility index (Phi) is 8.53. The van der Waals surface area contributed by atoms with Crippen LogP contribution >= 0.6 is 0 Å². The highest BCUT2D eigenvalue weighted by molar-refractivity contribution is 5.88. The highest BCUT2D eigenvalue weighted by Crippen LogP contribution is 2.07. The van der Waals surface area contributed by atoms with Gasteiger partial charge in [0.05, 0.1) is 24.9 Å². The van der Waals surface area contributed by atoms with E-state index >= 15 is 0 Å². The molecule has 0 spiro atoms. The molecule has 16 heavy (non-hydrogen) atoms. The van der Waals surface area contributed by atoms with E-state index in [1.807, 2.05) is 6.92 Å². The Morgan fingerprint density at radius 1 is 1.50 bits per heavy atom. The van der Waals surface area contributed by atoms with Crippen LogP contribution in [-0.4, -0.2) is 25.3 Å². The maximum absolute atomic E-state index is 11.5. The lowest BCUT2D eigenvalue weighted by atomic mass is 10.2. The Bertz CT molecular complexity index is 233. The molecule has 0 radical (unpaired) electrons. The van der Waals surface area contributed by atoms with E-state index in [4.69, 9.17) is 9.47 Å². The minimum atomic E-state index is -0.368. The molecular formula is C13H22O3. The molecule has 3 heteroatoms. The molecule has 0 bridgehead atoms. The van der Waals surface area contributed by atoms with Gasteiger partial charge in [-0.3, -0.25) is 0 Å². The maximum Gasteiger partial charge on any atom is 0.336 e. The topological polar surface area (TPSA) is 35.5 Å². The van der Waals surface area contributed by atoms with Gasteiger partial charge in [-0.15, -0.1) is 6.58 Å². The van der Waals surface area contributed by atoms with E-state index in [2.05, 4.69) is 20.1 Å². The van der Waals surface area contributed by atoms with Crippen molar-refractivity contribution in [3.63, 3.8) is 0 Å². The van der Waals surface area contributed by atoms with E-state index in [1.165, 1.54) is 0 Å². The minimum Gasteiger partial charge on any atom is -0.459 e. The van der Waals surface area contributed by atoms with Crippen molar-refractivity contribution in [2.24, 2.45) is 0 Å². The fraction of sp³-hybridized carbons (Fsp3) is 0.615. The summed E-state index contributed by atoms with van der Waals surface area (Å²) in [5, 5.41) is 0. The Morgan fingerprint density at radius 2 is 2.19 bits per heavy atom.